The van der Waals surface area contributed by atoms with Crippen LogP contribution in [0.1, 0.15) is 18.2 Å². The van der Waals surface area contributed by atoms with E-state index >= 15 is 0 Å². The Kier molecular flexibility index (Phi) is 5.95. The lowest BCUT2D eigenvalue weighted by Crippen LogP contribution is -2.37. The molecule has 0 fully saturated rings. The van der Waals surface area contributed by atoms with Gasteiger partial charge in [0.15, 0.2) is 11.5 Å². The van der Waals surface area contributed by atoms with Crippen molar-refractivity contribution in [3.63, 3.8) is 0 Å². The first-order valence-corrected chi connectivity index (χ1v) is 7.19. The van der Waals surface area contributed by atoms with Crippen LogP contribution >= 0.6 is 0 Å². The number of phenolic OH excluding ortho intramolecular Hbond substituents is 1. The number of furan rings is 1. The van der Waals surface area contributed by atoms with Gasteiger partial charge in [0, 0.05) is 0 Å². The van der Waals surface area contributed by atoms with Gasteiger partial charge in [-0.05, 0) is 42.8 Å². The minimum Gasteiger partial charge on any atom is -0.504 e. The van der Waals surface area contributed by atoms with E-state index in [1.807, 2.05) is 0 Å². The number of amides is 2. The number of carbonyl (C=O) groups is 2. The lowest BCUT2D eigenvalue weighted by molar-refractivity contribution is -0.139. The van der Waals surface area contributed by atoms with E-state index in [2.05, 4.69) is 15.8 Å². The number of nitrogens with zero attached hydrogens (tertiary/aromatic N) is 1. The maximum absolute atomic E-state index is 11.6. The molecule has 8 heteroatoms. The third-order valence-electron chi connectivity index (χ3n) is 2.87. The van der Waals surface area contributed by atoms with E-state index in [0.29, 0.717) is 23.7 Å². The number of rotatable bonds is 6. The molecular weight excluding hydrogens is 314 g/mol. The van der Waals surface area contributed by atoms with Crippen LogP contribution in [0.2, 0.25) is 0 Å². The van der Waals surface area contributed by atoms with E-state index in [9.17, 15) is 14.7 Å². The maximum Gasteiger partial charge on any atom is 0.329 e. The Balaban J connectivity index is 1.85. The molecule has 3 N–H and O–H groups in total. The lowest BCUT2D eigenvalue weighted by atomic mass is 10.2. The van der Waals surface area contributed by atoms with Gasteiger partial charge >= 0.3 is 11.8 Å². The van der Waals surface area contributed by atoms with Crippen molar-refractivity contribution in [2.45, 2.75) is 13.5 Å². The summed E-state index contributed by atoms with van der Waals surface area (Å²) in [5.41, 5.74) is 2.70. The van der Waals surface area contributed by atoms with E-state index in [0.717, 1.165) is 0 Å². The number of hydrogen-bond donors (Lipinski definition) is 3. The van der Waals surface area contributed by atoms with Crippen molar-refractivity contribution >= 4 is 18.0 Å². The van der Waals surface area contributed by atoms with Gasteiger partial charge in [0.25, 0.3) is 0 Å². The number of aromatic hydroxyl groups is 1. The predicted molar refractivity (Wildman–Crippen MR) is 85.6 cm³/mol. The Morgan fingerprint density at radius 1 is 1.33 bits per heavy atom. The number of hydrazone groups is 1. The summed E-state index contributed by atoms with van der Waals surface area (Å²) >= 11 is 0. The van der Waals surface area contributed by atoms with Crippen LogP contribution in [0.15, 0.2) is 46.1 Å². The van der Waals surface area contributed by atoms with Crippen molar-refractivity contribution < 1.29 is 23.8 Å². The zero-order valence-electron chi connectivity index (χ0n) is 13.0. The predicted octanol–water partition coefficient (Wildman–Crippen LogP) is 1.15. The molecule has 1 aromatic heterocycles. The summed E-state index contributed by atoms with van der Waals surface area (Å²) in [7, 11) is 0. The first-order chi connectivity index (χ1) is 11.6. The second-order valence-electron chi connectivity index (χ2n) is 4.62. The standard InChI is InChI=1S/C16H17N3O5/c1-2-23-14-8-11(5-6-13(14)20)9-18-19-16(22)15(21)17-10-12-4-3-7-24-12/h3-9,20H,2,10H2,1H3,(H,17,21)(H,19,22)/b18-9-. The highest BCUT2D eigenvalue weighted by molar-refractivity contribution is 6.35. The molecule has 0 aliphatic rings. The van der Waals surface area contributed by atoms with Gasteiger partial charge < -0.3 is 19.6 Å². The van der Waals surface area contributed by atoms with Crippen molar-refractivity contribution in [3.05, 3.63) is 47.9 Å². The molecule has 0 atom stereocenters. The van der Waals surface area contributed by atoms with E-state index in [4.69, 9.17) is 9.15 Å². The Hall–Kier alpha value is -3.29. The molecule has 0 saturated carbocycles. The van der Waals surface area contributed by atoms with Gasteiger partial charge in [-0.2, -0.15) is 5.10 Å². The van der Waals surface area contributed by atoms with E-state index in [-0.39, 0.29) is 12.3 Å². The number of hydrogen-bond acceptors (Lipinski definition) is 6. The first-order valence-electron chi connectivity index (χ1n) is 7.19. The van der Waals surface area contributed by atoms with E-state index in [1.54, 1.807) is 31.2 Å². The van der Waals surface area contributed by atoms with Crippen molar-refractivity contribution in [3.8, 4) is 11.5 Å². The number of carbonyl (C=O) groups excluding carboxylic acids is 2. The third-order valence-corrected chi connectivity index (χ3v) is 2.87. The fourth-order valence-corrected chi connectivity index (χ4v) is 1.76. The highest BCUT2D eigenvalue weighted by Gasteiger charge is 2.12. The summed E-state index contributed by atoms with van der Waals surface area (Å²) in [5, 5.41) is 15.7. The van der Waals surface area contributed by atoms with Gasteiger partial charge in [-0.1, -0.05) is 0 Å². The molecule has 0 spiro atoms. The molecule has 0 aliphatic heterocycles. The van der Waals surface area contributed by atoms with Crippen LogP contribution < -0.4 is 15.5 Å². The molecule has 1 aromatic carbocycles. The van der Waals surface area contributed by atoms with Gasteiger partial charge in [0.1, 0.15) is 5.76 Å². The summed E-state index contributed by atoms with van der Waals surface area (Å²) in [6.07, 6.45) is 2.81. The van der Waals surface area contributed by atoms with Crippen LogP contribution in [0.5, 0.6) is 11.5 Å². The Labute approximate surface area is 138 Å². The van der Waals surface area contributed by atoms with Crippen LogP contribution in [0.3, 0.4) is 0 Å². The topological polar surface area (TPSA) is 113 Å². The fourth-order valence-electron chi connectivity index (χ4n) is 1.76. The molecule has 0 saturated heterocycles. The molecule has 1 heterocycles. The van der Waals surface area contributed by atoms with Crippen molar-refractivity contribution in [1.82, 2.24) is 10.7 Å². The van der Waals surface area contributed by atoms with E-state index < -0.39 is 11.8 Å². The highest BCUT2D eigenvalue weighted by atomic mass is 16.5. The Morgan fingerprint density at radius 3 is 2.88 bits per heavy atom. The van der Waals surface area contributed by atoms with Crippen LogP contribution in [0.4, 0.5) is 0 Å². The zero-order valence-corrected chi connectivity index (χ0v) is 13.0. The number of nitrogens with one attached hydrogen (secondary N) is 2. The largest absolute Gasteiger partial charge is 0.504 e. The Bertz CT molecular complexity index is 725. The fraction of sp³-hybridized carbons (Fsp3) is 0.188. The van der Waals surface area contributed by atoms with Crippen LogP contribution in [-0.4, -0.2) is 29.7 Å². The second kappa shape index (κ2) is 8.37. The minimum atomic E-state index is -0.901. The smallest absolute Gasteiger partial charge is 0.329 e. The Morgan fingerprint density at radius 2 is 2.17 bits per heavy atom. The van der Waals surface area contributed by atoms with E-state index in [1.165, 1.54) is 18.5 Å². The summed E-state index contributed by atoms with van der Waals surface area (Å²) in [5.74, 6) is -0.877. The van der Waals surface area contributed by atoms with Crippen molar-refractivity contribution in [1.29, 1.82) is 0 Å². The zero-order chi connectivity index (χ0) is 17.4. The number of ether oxygens (including phenoxy) is 1. The van der Waals surface area contributed by atoms with Gasteiger partial charge in [0.05, 0.1) is 25.6 Å². The second-order valence-corrected chi connectivity index (χ2v) is 4.62. The average molecular weight is 331 g/mol. The summed E-state index contributed by atoms with van der Waals surface area (Å²) in [4.78, 5) is 23.2. The van der Waals surface area contributed by atoms with Crippen molar-refractivity contribution in [2.24, 2.45) is 5.10 Å². The average Bonchev–Trinajstić information content (AvgIpc) is 3.09. The molecule has 2 aromatic rings. The quantitative estimate of drug-likeness (QED) is 0.417. The normalized spacial score (nSPS) is 10.5. The molecule has 126 valence electrons. The highest BCUT2D eigenvalue weighted by Crippen LogP contribution is 2.26. The summed E-state index contributed by atoms with van der Waals surface area (Å²) < 4.78 is 10.3. The monoisotopic (exact) mass is 331 g/mol. The van der Waals surface area contributed by atoms with Crippen LogP contribution in [0, 0.1) is 0 Å². The third kappa shape index (κ3) is 4.87. The molecule has 0 aliphatic carbocycles. The molecule has 24 heavy (non-hydrogen) atoms. The molecular formula is C16H17N3O5. The molecule has 0 unspecified atom stereocenters. The first kappa shape index (κ1) is 17.1. The molecule has 2 amide bonds. The SMILES string of the molecule is CCOc1cc(/C=N\NC(=O)C(=O)NCc2ccco2)ccc1O. The maximum atomic E-state index is 11.6. The number of benzene rings is 1. The van der Waals surface area contributed by atoms with Crippen molar-refractivity contribution in [2.75, 3.05) is 6.61 Å². The van der Waals surface area contributed by atoms with Gasteiger partial charge in [-0.25, -0.2) is 5.43 Å². The van der Waals surface area contributed by atoms with Crippen LogP contribution in [0.25, 0.3) is 0 Å². The molecule has 2 rings (SSSR count). The number of phenols is 1. The van der Waals surface area contributed by atoms with Crippen LogP contribution in [-0.2, 0) is 16.1 Å². The van der Waals surface area contributed by atoms with Gasteiger partial charge in [-0.3, -0.25) is 9.59 Å². The lowest BCUT2D eigenvalue weighted by Gasteiger charge is -2.06. The molecule has 8 nitrogen and oxygen atoms in total. The van der Waals surface area contributed by atoms with Gasteiger partial charge in [-0.15, -0.1) is 0 Å². The molecule has 0 radical (unpaired) electrons. The molecule has 0 bridgehead atoms. The summed E-state index contributed by atoms with van der Waals surface area (Å²) in [6.45, 7) is 2.31. The minimum absolute atomic E-state index is 0.00957. The summed E-state index contributed by atoms with van der Waals surface area (Å²) in [6, 6.07) is 7.96. The van der Waals surface area contributed by atoms with Gasteiger partial charge in [0.2, 0.25) is 0 Å².